The monoisotopic (exact) mass is 364 g/mol. The second kappa shape index (κ2) is 6.74. The van der Waals surface area contributed by atoms with Gasteiger partial charge in [0, 0.05) is 23.5 Å². The number of fused-ring (bicyclic) bond motifs is 1. The van der Waals surface area contributed by atoms with Gasteiger partial charge in [-0.1, -0.05) is 30.3 Å². The Bertz CT molecular complexity index is 1000. The van der Waals surface area contributed by atoms with E-state index in [9.17, 15) is 14.3 Å². The topological polar surface area (TPSA) is 53.4 Å². The number of aryl methyl sites for hydroxylation is 2. The highest BCUT2D eigenvalue weighted by molar-refractivity contribution is 6.10. The third kappa shape index (κ3) is 3.19. The largest absolute Gasteiger partial charge is 0.388 e. The van der Waals surface area contributed by atoms with Crippen LogP contribution in [-0.4, -0.2) is 46.3 Å². The number of halogens is 1. The summed E-state index contributed by atoms with van der Waals surface area (Å²) in [7, 11) is 0. The molecule has 2 atom stereocenters. The van der Waals surface area contributed by atoms with Gasteiger partial charge in [-0.2, -0.15) is 0 Å². The van der Waals surface area contributed by atoms with Crippen LogP contribution in [0.3, 0.4) is 0 Å². The third-order valence-electron chi connectivity index (χ3n) is 5.05. The average molecular weight is 364 g/mol. The first-order valence-electron chi connectivity index (χ1n) is 9.03. The lowest BCUT2D eigenvalue weighted by molar-refractivity contribution is 0.0766. The zero-order valence-corrected chi connectivity index (χ0v) is 15.3. The summed E-state index contributed by atoms with van der Waals surface area (Å²) in [5, 5.41) is 11.4. The minimum atomic E-state index is -1.39. The molecule has 1 amide bonds. The number of alkyl halides is 1. The molecule has 1 aliphatic heterocycles. The molecule has 2 heterocycles. The number of likely N-dealkylation sites (tertiary alicyclic amines) is 1. The van der Waals surface area contributed by atoms with Gasteiger partial charge >= 0.3 is 0 Å². The van der Waals surface area contributed by atoms with Crippen molar-refractivity contribution in [3.63, 3.8) is 0 Å². The molecule has 0 aliphatic carbocycles. The van der Waals surface area contributed by atoms with Gasteiger partial charge in [0.25, 0.3) is 5.91 Å². The standard InChI is InChI=1S/C22H21FN2O2/c1-13-9-15(10-14(2)24-13)16-5-3-7-18-17(16)6-4-8-19(18)22(27)25-11-20(23)21(26)12-25/h3-10,20-21,26H,11-12H2,1-2H3/t20-,21-/m1/s1. The van der Waals surface area contributed by atoms with Crippen LogP contribution in [-0.2, 0) is 0 Å². The highest BCUT2D eigenvalue weighted by Gasteiger charge is 2.34. The Hall–Kier alpha value is -2.79. The lowest BCUT2D eigenvalue weighted by Gasteiger charge is -2.17. The van der Waals surface area contributed by atoms with E-state index in [1.165, 1.54) is 4.90 Å². The summed E-state index contributed by atoms with van der Waals surface area (Å²) in [4.78, 5) is 18.8. The number of amides is 1. The van der Waals surface area contributed by atoms with Gasteiger partial charge in [-0.3, -0.25) is 9.78 Å². The fourth-order valence-corrected chi connectivity index (χ4v) is 3.82. The van der Waals surface area contributed by atoms with Crippen LogP contribution >= 0.6 is 0 Å². The van der Waals surface area contributed by atoms with Crippen molar-refractivity contribution in [3.05, 3.63) is 65.5 Å². The van der Waals surface area contributed by atoms with Crippen LogP contribution in [0, 0.1) is 13.8 Å². The number of β-amino-alcohol motifs (C(OH)–C–C–N with tert-alkyl or cyclic N) is 1. The molecule has 0 unspecified atom stereocenters. The first-order chi connectivity index (χ1) is 12.9. The molecule has 0 radical (unpaired) electrons. The molecule has 0 bridgehead atoms. The van der Waals surface area contributed by atoms with Crippen LogP contribution in [0.2, 0.25) is 0 Å². The molecule has 3 aromatic rings. The summed E-state index contributed by atoms with van der Waals surface area (Å²) in [6.45, 7) is 3.88. The maximum absolute atomic E-state index is 13.7. The number of nitrogens with zero attached hydrogens (tertiary/aromatic N) is 2. The summed E-state index contributed by atoms with van der Waals surface area (Å²) in [5.74, 6) is -0.251. The number of carbonyl (C=O) groups is 1. The second-order valence-corrected chi connectivity index (χ2v) is 7.14. The van der Waals surface area contributed by atoms with E-state index in [4.69, 9.17) is 0 Å². The summed E-state index contributed by atoms with van der Waals surface area (Å²) >= 11 is 0. The van der Waals surface area contributed by atoms with Crippen LogP contribution in [0.4, 0.5) is 4.39 Å². The Morgan fingerprint density at radius 1 is 1.07 bits per heavy atom. The zero-order valence-electron chi connectivity index (χ0n) is 15.3. The minimum absolute atomic E-state index is 0.0266. The molecule has 1 aromatic heterocycles. The van der Waals surface area contributed by atoms with E-state index in [1.54, 1.807) is 6.07 Å². The minimum Gasteiger partial charge on any atom is -0.388 e. The number of pyridine rings is 1. The van der Waals surface area contributed by atoms with Crippen molar-refractivity contribution in [1.29, 1.82) is 0 Å². The van der Waals surface area contributed by atoms with Crippen molar-refractivity contribution in [2.75, 3.05) is 13.1 Å². The molecule has 4 nitrogen and oxygen atoms in total. The van der Waals surface area contributed by atoms with Gasteiger partial charge in [0.2, 0.25) is 0 Å². The number of aliphatic hydroxyl groups is 1. The highest BCUT2D eigenvalue weighted by Crippen LogP contribution is 2.32. The molecular weight excluding hydrogens is 343 g/mol. The molecule has 0 saturated carbocycles. The van der Waals surface area contributed by atoms with Crippen LogP contribution in [0.1, 0.15) is 21.7 Å². The van der Waals surface area contributed by atoms with E-state index in [2.05, 4.69) is 4.98 Å². The number of aromatic nitrogens is 1. The molecule has 1 N–H and O–H groups in total. The van der Waals surface area contributed by atoms with E-state index in [0.717, 1.165) is 33.3 Å². The van der Waals surface area contributed by atoms with Crippen LogP contribution in [0.15, 0.2) is 48.5 Å². The average Bonchev–Trinajstić information content (AvgIpc) is 2.98. The Kier molecular flexibility index (Phi) is 4.40. The molecule has 1 aliphatic rings. The molecule has 1 fully saturated rings. The lowest BCUT2D eigenvalue weighted by atomic mass is 9.95. The third-order valence-corrected chi connectivity index (χ3v) is 5.05. The van der Waals surface area contributed by atoms with Crippen LogP contribution in [0.5, 0.6) is 0 Å². The normalized spacial score (nSPS) is 19.6. The lowest BCUT2D eigenvalue weighted by Crippen LogP contribution is -2.29. The van der Waals surface area contributed by atoms with Gasteiger partial charge in [-0.15, -0.1) is 0 Å². The predicted molar refractivity (Wildman–Crippen MR) is 103 cm³/mol. The smallest absolute Gasteiger partial charge is 0.254 e. The van der Waals surface area contributed by atoms with Gasteiger partial charge in [0.05, 0.1) is 6.54 Å². The molecule has 4 rings (SSSR count). The molecular formula is C22H21FN2O2. The second-order valence-electron chi connectivity index (χ2n) is 7.14. The fourth-order valence-electron chi connectivity index (χ4n) is 3.82. The number of benzene rings is 2. The summed E-state index contributed by atoms with van der Waals surface area (Å²) < 4.78 is 13.7. The molecule has 2 aromatic carbocycles. The van der Waals surface area contributed by atoms with Crippen molar-refractivity contribution in [2.24, 2.45) is 0 Å². The van der Waals surface area contributed by atoms with Crippen LogP contribution < -0.4 is 0 Å². The van der Waals surface area contributed by atoms with Gasteiger partial charge in [0.1, 0.15) is 12.3 Å². The van der Waals surface area contributed by atoms with E-state index in [0.29, 0.717) is 5.56 Å². The van der Waals surface area contributed by atoms with Crippen molar-refractivity contribution < 1.29 is 14.3 Å². The first-order valence-corrected chi connectivity index (χ1v) is 9.03. The Balaban J connectivity index is 1.82. The Labute approximate surface area is 157 Å². The van der Waals surface area contributed by atoms with Gasteiger partial charge < -0.3 is 10.0 Å². The Morgan fingerprint density at radius 2 is 1.74 bits per heavy atom. The molecule has 27 heavy (non-hydrogen) atoms. The summed E-state index contributed by atoms with van der Waals surface area (Å²) in [6, 6.07) is 15.5. The van der Waals surface area contributed by atoms with Crippen molar-refractivity contribution in [1.82, 2.24) is 9.88 Å². The Morgan fingerprint density at radius 3 is 2.41 bits per heavy atom. The molecule has 0 spiro atoms. The summed E-state index contributed by atoms with van der Waals surface area (Å²) in [5.41, 5.74) is 4.48. The van der Waals surface area contributed by atoms with Gasteiger partial charge in [-0.05, 0) is 53.9 Å². The number of aliphatic hydroxyl groups excluding tert-OH is 1. The SMILES string of the molecule is Cc1cc(-c2cccc3c(C(=O)N4C[C@@H](O)[C@H](F)C4)cccc23)cc(C)n1. The molecule has 1 saturated heterocycles. The van der Waals surface area contributed by atoms with E-state index < -0.39 is 12.3 Å². The summed E-state index contributed by atoms with van der Waals surface area (Å²) in [6.07, 6.45) is -2.50. The zero-order chi connectivity index (χ0) is 19.1. The van der Waals surface area contributed by atoms with E-state index >= 15 is 0 Å². The quantitative estimate of drug-likeness (QED) is 0.755. The number of carbonyl (C=O) groups excluding carboxylic acids is 1. The number of hydrogen-bond donors (Lipinski definition) is 1. The number of hydrogen-bond acceptors (Lipinski definition) is 3. The van der Waals surface area contributed by atoms with Gasteiger partial charge in [-0.25, -0.2) is 4.39 Å². The van der Waals surface area contributed by atoms with Crippen molar-refractivity contribution in [3.8, 4) is 11.1 Å². The van der Waals surface area contributed by atoms with Gasteiger partial charge in [0.15, 0.2) is 0 Å². The van der Waals surface area contributed by atoms with E-state index in [-0.39, 0.29) is 19.0 Å². The van der Waals surface area contributed by atoms with Crippen LogP contribution in [0.25, 0.3) is 21.9 Å². The van der Waals surface area contributed by atoms with Crippen molar-refractivity contribution in [2.45, 2.75) is 26.1 Å². The maximum Gasteiger partial charge on any atom is 0.254 e. The predicted octanol–water partition coefficient (Wildman–Crippen LogP) is 3.67. The van der Waals surface area contributed by atoms with Crippen molar-refractivity contribution >= 4 is 16.7 Å². The molecule has 138 valence electrons. The fraction of sp³-hybridized carbons (Fsp3) is 0.273. The molecule has 5 heteroatoms. The maximum atomic E-state index is 13.7. The van der Waals surface area contributed by atoms with E-state index in [1.807, 2.05) is 56.3 Å². The first kappa shape index (κ1) is 17.6. The number of rotatable bonds is 2. The highest BCUT2D eigenvalue weighted by atomic mass is 19.1.